The van der Waals surface area contributed by atoms with Crippen LogP contribution in [-0.2, 0) is 15.0 Å². The molecule has 0 N–H and O–H groups in total. The molecule has 2 saturated heterocycles. The third-order valence-corrected chi connectivity index (χ3v) is 7.87. The molecule has 2 heterocycles. The van der Waals surface area contributed by atoms with Crippen LogP contribution in [-0.4, -0.2) is 77.4 Å². The lowest BCUT2D eigenvalue weighted by molar-refractivity contribution is -0.137. The summed E-state index contributed by atoms with van der Waals surface area (Å²) in [5, 5.41) is 0. The number of carbonyl (C=O) groups is 3. The smallest absolute Gasteiger partial charge is 0.255 e. The molecule has 4 rings (SSSR count). The van der Waals surface area contributed by atoms with E-state index in [1.807, 2.05) is 83.1 Å². The topological polar surface area (TPSA) is 60.9 Å². The molecule has 0 atom stereocenters. The van der Waals surface area contributed by atoms with E-state index in [4.69, 9.17) is 0 Å². The van der Waals surface area contributed by atoms with Crippen molar-refractivity contribution in [3.05, 3.63) is 65.7 Å². The van der Waals surface area contributed by atoms with Crippen molar-refractivity contribution in [2.24, 2.45) is 0 Å². The Balaban J connectivity index is 1.36. The predicted octanol–water partition coefficient (Wildman–Crippen LogP) is 3.66. The highest BCUT2D eigenvalue weighted by Crippen LogP contribution is 2.28. The maximum Gasteiger partial charge on any atom is 0.255 e. The van der Waals surface area contributed by atoms with E-state index in [-0.39, 0.29) is 17.7 Å². The third kappa shape index (κ3) is 5.30. The van der Waals surface area contributed by atoms with Crippen LogP contribution in [0.2, 0.25) is 0 Å². The Morgan fingerprint density at radius 2 is 1.35 bits per heavy atom. The van der Waals surface area contributed by atoms with Gasteiger partial charge in [-0.05, 0) is 44.4 Å². The fourth-order valence-corrected chi connectivity index (χ4v) is 5.57. The minimum absolute atomic E-state index is 0.0360. The zero-order valence-electron chi connectivity index (χ0n) is 20.0. The number of likely N-dealkylation sites (tertiary alicyclic amines) is 1. The van der Waals surface area contributed by atoms with E-state index in [0.717, 1.165) is 36.4 Å². The highest BCUT2D eigenvalue weighted by Gasteiger charge is 2.36. The van der Waals surface area contributed by atoms with E-state index in [2.05, 4.69) is 0 Å². The van der Waals surface area contributed by atoms with Crippen LogP contribution in [0.1, 0.15) is 42.6 Å². The van der Waals surface area contributed by atoms with Gasteiger partial charge in [-0.15, -0.1) is 11.8 Å². The molecular formula is C27H33N3O3S. The molecule has 2 aliphatic rings. The normalized spacial score (nSPS) is 16.6. The molecule has 0 aromatic heterocycles. The molecule has 0 aliphatic carbocycles. The number of carbonyl (C=O) groups excluding carboxylic acids is 3. The van der Waals surface area contributed by atoms with Crippen LogP contribution in [0.5, 0.6) is 0 Å². The second-order valence-electron chi connectivity index (χ2n) is 9.45. The molecule has 2 fully saturated rings. The summed E-state index contributed by atoms with van der Waals surface area (Å²) in [6.07, 6.45) is 2.14. The van der Waals surface area contributed by atoms with Crippen molar-refractivity contribution in [2.75, 3.05) is 45.0 Å². The highest BCUT2D eigenvalue weighted by molar-refractivity contribution is 8.00. The molecular weight excluding hydrogens is 446 g/mol. The van der Waals surface area contributed by atoms with Gasteiger partial charge >= 0.3 is 0 Å². The van der Waals surface area contributed by atoms with E-state index < -0.39 is 5.41 Å². The van der Waals surface area contributed by atoms with Gasteiger partial charge < -0.3 is 14.7 Å². The molecule has 2 aliphatic heterocycles. The van der Waals surface area contributed by atoms with E-state index >= 15 is 0 Å². The van der Waals surface area contributed by atoms with Gasteiger partial charge in [0, 0.05) is 44.2 Å². The Kier molecular flexibility index (Phi) is 7.61. The Bertz CT molecular complexity index is 1030. The van der Waals surface area contributed by atoms with Gasteiger partial charge in [0.1, 0.15) is 0 Å². The molecule has 34 heavy (non-hydrogen) atoms. The minimum atomic E-state index is -0.613. The number of hydrogen-bond donors (Lipinski definition) is 0. The fraction of sp³-hybridized carbons (Fsp3) is 0.444. The summed E-state index contributed by atoms with van der Waals surface area (Å²) in [7, 11) is 0. The van der Waals surface area contributed by atoms with Crippen LogP contribution >= 0.6 is 11.8 Å². The van der Waals surface area contributed by atoms with Gasteiger partial charge in [-0.1, -0.05) is 42.5 Å². The first-order chi connectivity index (χ1) is 16.4. The lowest BCUT2D eigenvalue weighted by Gasteiger charge is -2.39. The number of rotatable bonds is 6. The minimum Gasteiger partial charge on any atom is -0.342 e. The first kappa shape index (κ1) is 24.3. The number of piperazine rings is 1. The molecule has 0 bridgehead atoms. The monoisotopic (exact) mass is 479 g/mol. The molecule has 7 heteroatoms. The average Bonchev–Trinajstić information content (AvgIpc) is 3.42. The van der Waals surface area contributed by atoms with E-state index in [1.165, 1.54) is 11.8 Å². The summed E-state index contributed by atoms with van der Waals surface area (Å²) in [6.45, 7) is 7.63. The molecule has 6 nitrogen and oxygen atoms in total. The lowest BCUT2D eigenvalue weighted by Crippen LogP contribution is -2.54. The third-order valence-electron chi connectivity index (χ3n) is 6.81. The van der Waals surface area contributed by atoms with Crippen molar-refractivity contribution >= 4 is 29.5 Å². The number of benzene rings is 2. The summed E-state index contributed by atoms with van der Waals surface area (Å²) < 4.78 is 0. The number of hydrogen-bond acceptors (Lipinski definition) is 4. The van der Waals surface area contributed by atoms with Crippen molar-refractivity contribution < 1.29 is 14.4 Å². The maximum atomic E-state index is 13.3. The van der Waals surface area contributed by atoms with Crippen LogP contribution < -0.4 is 0 Å². The number of nitrogens with zero attached hydrogens (tertiary/aromatic N) is 3. The van der Waals surface area contributed by atoms with Gasteiger partial charge in [-0.3, -0.25) is 14.4 Å². The van der Waals surface area contributed by atoms with Gasteiger partial charge in [0.15, 0.2) is 0 Å². The van der Waals surface area contributed by atoms with Crippen LogP contribution in [0.25, 0.3) is 0 Å². The summed E-state index contributed by atoms with van der Waals surface area (Å²) in [5.74, 6) is 0.535. The Morgan fingerprint density at radius 1 is 0.765 bits per heavy atom. The Morgan fingerprint density at radius 3 is 2.03 bits per heavy atom. The summed E-state index contributed by atoms with van der Waals surface area (Å²) in [6, 6.07) is 17.3. The SMILES string of the molecule is CC(C)(C(=O)N1CCN(C(=O)c2ccccc2SCC(=O)N2CCCC2)CC1)c1ccccc1. The Labute approximate surface area is 206 Å². The van der Waals surface area contributed by atoms with Crippen molar-refractivity contribution in [3.8, 4) is 0 Å². The van der Waals surface area contributed by atoms with Crippen molar-refractivity contribution in [1.82, 2.24) is 14.7 Å². The first-order valence-corrected chi connectivity index (χ1v) is 13.0. The highest BCUT2D eigenvalue weighted by atomic mass is 32.2. The van der Waals surface area contributed by atoms with E-state index in [9.17, 15) is 14.4 Å². The second-order valence-corrected chi connectivity index (χ2v) is 10.5. The van der Waals surface area contributed by atoms with Gasteiger partial charge in [0.2, 0.25) is 11.8 Å². The van der Waals surface area contributed by atoms with Gasteiger partial charge in [-0.2, -0.15) is 0 Å². The van der Waals surface area contributed by atoms with Crippen LogP contribution in [0.3, 0.4) is 0 Å². The fourth-order valence-electron chi connectivity index (χ4n) is 4.62. The molecule has 2 aromatic rings. The van der Waals surface area contributed by atoms with Crippen molar-refractivity contribution in [2.45, 2.75) is 37.0 Å². The van der Waals surface area contributed by atoms with Crippen LogP contribution in [0.15, 0.2) is 59.5 Å². The van der Waals surface area contributed by atoms with Crippen LogP contribution in [0, 0.1) is 0 Å². The molecule has 0 spiro atoms. The molecule has 0 saturated carbocycles. The van der Waals surface area contributed by atoms with Gasteiger partial charge in [-0.25, -0.2) is 0 Å². The largest absolute Gasteiger partial charge is 0.342 e. The number of amides is 3. The zero-order chi connectivity index (χ0) is 24.1. The van der Waals surface area contributed by atoms with Crippen LogP contribution in [0.4, 0.5) is 0 Å². The summed E-state index contributed by atoms with van der Waals surface area (Å²) >= 11 is 1.44. The zero-order valence-corrected chi connectivity index (χ0v) is 20.9. The quantitative estimate of drug-likeness (QED) is 0.594. The second kappa shape index (κ2) is 10.6. The maximum absolute atomic E-state index is 13.3. The van der Waals surface area contributed by atoms with E-state index in [0.29, 0.717) is 37.5 Å². The lowest BCUT2D eigenvalue weighted by atomic mass is 9.83. The molecule has 0 unspecified atom stereocenters. The van der Waals surface area contributed by atoms with Crippen molar-refractivity contribution in [1.29, 1.82) is 0 Å². The molecule has 180 valence electrons. The molecule has 3 amide bonds. The predicted molar refractivity (Wildman–Crippen MR) is 135 cm³/mol. The van der Waals surface area contributed by atoms with Gasteiger partial charge in [0.25, 0.3) is 5.91 Å². The van der Waals surface area contributed by atoms with Crippen molar-refractivity contribution in [3.63, 3.8) is 0 Å². The molecule has 0 radical (unpaired) electrons. The first-order valence-electron chi connectivity index (χ1n) is 12.0. The molecule has 2 aromatic carbocycles. The Hall–Kier alpha value is -2.80. The average molecular weight is 480 g/mol. The summed E-state index contributed by atoms with van der Waals surface area (Å²) in [5.41, 5.74) is 1.01. The number of thioether (sulfide) groups is 1. The van der Waals surface area contributed by atoms with E-state index in [1.54, 1.807) is 0 Å². The standard InChI is InChI=1S/C27H33N3O3S/c1-27(2,21-10-4-3-5-11-21)26(33)30-18-16-29(17-19-30)25(32)22-12-6-7-13-23(22)34-20-24(31)28-14-8-9-15-28/h3-7,10-13H,8-9,14-20H2,1-2H3. The van der Waals surface area contributed by atoms with Gasteiger partial charge in [0.05, 0.1) is 16.7 Å². The summed E-state index contributed by atoms with van der Waals surface area (Å²) in [4.78, 5) is 45.5.